The Morgan fingerprint density at radius 2 is 2.17 bits per heavy atom. The van der Waals surface area contributed by atoms with E-state index in [1.807, 2.05) is 0 Å². The van der Waals surface area contributed by atoms with E-state index in [1.165, 1.54) is 11.0 Å². The number of ether oxygens (including phenoxy) is 2. The first-order valence-electron chi connectivity index (χ1n) is 9.54. The second kappa shape index (κ2) is 7.71. The number of carbonyl (C=O) groups excluding carboxylic acids is 1. The fraction of sp³-hybridized carbons (Fsp3) is 0.474. The topological polar surface area (TPSA) is 94.6 Å². The summed E-state index contributed by atoms with van der Waals surface area (Å²) in [6, 6.07) is 0.951. The van der Waals surface area contributed by atoms with Crippen LogP contribution in [0.4, 0.5) is 24.7 Å². The molecule has 1 amide bonds. The summed E-state index contributed by atoms with van der Waals surface area (Å²) in [5.74, 6) is -0.403. The molecule has 162 valence electrons. The van der Waals surface area contributed by atoms with Crippen LogP contribution in [-0.2, 0) is 16.1 Å². The van der Waals surface area contributed by atoms with Crippen LogP contribution in [0, 0.1) is 5.82 Å². The van der Waals surface area contributed by atoms with Crippen LogP contribution in [0.15, 0.2) is 18.3 Å². The molecule has 2 aliphatic heterocycles. The van der Waals surface area contributed by atoms with E-state index in [4.69, 9.17) is 15.2 Å². The highest BCUT2D eigenvalue weighted by atomic mass is 19.3. The van der Waals surface area contributed by atoms with Crippen molar-refractivity contribution in [1.82, 2.24) is 9.55 Å². The number of rotatable bonds is 5. The largest absolute Gasteiger partial charge is 0.491 e. The predicted octanol–water partition coefficient (Wildman–Crippen LogP) is 2.18. The summed E-state index contributed by atoms with van der Waals surface area (Å²) in [5, 5.41) is 2.82. The number of carbonyl (C=O) groups is 1. The highest BCUT2D eigenvalue weighted by Gasteiger charge is 2.39. The van der Waals surface area contributed by atoms with Gasteiger partial charge < -0.3 is 30.0 Å². The summed E-state index contributed by atoms with van der Waals surface area (Å²) in [7, 11) is 0. The monoisotopic (exact) mass is 425 g/mol. The lowest BCUT2D eigenvalue weighted by Gasteiger charge is -2.25. The number of fused-ring (bicyclic) bond motifs is 3. The van der Waals surface area contributed by atoms with Crippen LogP contribution in [0.1, 0.15) is 13.8 Å². The lowest BCUT2D eigenvalue weighted by atomic mass is 10.1. The molecule has 0 radical (unpaired) electrons. The van der Waals surface area contributed by atoms with E-state index in [2.05, 4.69) is 10.3 Å². The number of nitrogens with zero attached hydrogens (tertiary/aromatic N) is 3. The van der Waals surface area contributed by atoms with Gasteiger partial charge in [-0.3, -0.25) is 4.79 Å². The Hall–Kier alpha value is -2.95. The number of halogens is 3. The molecule has 0 spiro atoms. The first-order valence-corrected chi connectivity index (χ1v) is 9.54. The number of nitrogens with one attached hydrogen (secondary N) is 1. The van der Waals surface area contributed by atoms with Crippen molar-refractivity contribution in [3.05, 3.63) is 24.1 Å². The van der Waals surface area contributed by atoms with Gasteiger partial charge in [0.15, 0.2) is 0 Å². The number of alkyl halides is 2. The quantitative estimate of drug-likeness (QED) is 0.763. The molecule has 2 unspecified atom stereocenters. The number of primary amides is 1. The minimum Gasteiger partial charge on any atom is -0.491 e. The second-order valence-corrected chi connectivity index (χ2v) is 7.31. The van der Waals surface area contributed by atoms with Gasteiger partial charge in [-0.25, -0.2) is 18.2 Å². The van der Waals surface area contributed by atoms with E-state index >= 15 is 4.39 Å². The van der Waals surface area contributed by atoms with Crippen LogP contribution in [0.2, 0.25) is 0 Å². The van der Waals surface area contributed by atoms with Crippen molar-refractivity contribution < 1.29 is 27.4 Å². The Labute approximate surface area is 170 Å². The van der Waals surface area contributed by atoms with Crippen molar-refractivity contribution in [3.8, 4) is 17.1 Å². The van der Waals surface area contributed by atoms with E-state index in [0.29, 0.717) is 12.2 Å². The smallest absolute Gasteiger partial charge is 0.260 e. The van der Waals surface area contributed by atoms with E-state index in [-0.39, 0.29) is 36.2 Å². The van der Waals surface area contributed by atoms with Gasteiger partial charge in [0.2, 0.25) is 5.91 Å². The van der Waals surface area contributed by atoms with Crippen molar-refractivity contribution in [2.75, 3.05) is 23.4 Å². The Morgan fingerprint density at radius 1 is 1.40 bits per heavy atom. The van der Waals surface area contributed by atoms with Gasteiger partial charge in [0, 0.05) is 18.0 Å². The molecule has 1 saturated heterocycles. The van der Waals surface area contributed by atoms with E-state index in [9.17, 15) is 13.6 Å². The van der Waals surface area contributed by atoms with Crippen LogP contribution < -0.4 is 20.7 Å². The van der Waals surface area contributed by atoms with Gasteiger partial charge in [-0.15, -0.1) is 0 Å². The third kappa shape index (κ3) is 3.53. The average Bonchev–Trinajstić information content (AvgIpc) is 3.20. The average molecular weight is 425 g/mol. The van der Waals surface area contributed by atoms with Crippen molar-refractivity contribution in [2.24, 2.45) is 5.73 Å². The third-order valence-corrected chi connectivity index (χ3v) is 5.25. The number of imidazole rings is 1. The molecule has 1 aromatic carbocycles. The van der Waals surface area contributed by atoms with Crippen LogP contribution in [0.5, 0.6) is 5.75 Å². The highest BCUT2D eigenvalue weighted by molar-refractivity contribution is 5.83. The third-order valence-electron chi connectivity index (χ3n) is 5.25. The van der Waals surface area contributed by atoms with Gasteiger partial charge >= 0.3 is 0 Å². The molecule has 2 aromatic rings. The SMILES string of the molecule is CC1OCC(C(F)F)N1c1cn2c(n1)-c1c(F)cc(N[C@@H](C)C(N)=O)cc1OCC2. The molecule has 1 aromatic heterocycles. The molecule has 8 nitrogen and oxygen atoms in total. The van der Waals surface area contributed by atoms with Gasteiger partial charge in [0.25, 0.3) is 6.43 Å². The fourth-order valence-electron chi connectivity index (χ4n) is 3.69. The Kier molecular flexibility index (Phi) is 5.22. The minimum atomic E-state index is -2.61. The molecule has 11 heteroatoms. The molecule has 3 N–H and O–H groups in total. The number of hydrogen-bond acceptors (Lipinski definition) is 6. The fourth-order valence-corrected chi connectivity index (χ4v) is 3.69. The minimum absolute atomic E-state index is 0.109. The molecule has 0 saturated carbocycles. The number of benzene rings is 1. The lowest BCUT2D eigenvalue weighted by Crippen LogP contribution is -2.40. The van der Waals surface area contributed by atoms with Crippen LogP contribution in [0.25, 0.3) is 11.4 Å². The number of aromatic nitrogens is 2. The van der Waals surface area contributed by atoms with Crippen molar-refractivity contribution in [1.29, 1.82) is 0 Å². The van der Waals surface area contributed by atoms with Crippen LogP contribution in [-0.4, -0.2) is 53.4 Å². The number of hydrogen-bond donors (Lipinski definition) is 2. The molecule has 3 heterocycles. The van der Waals surface area contributed by atoms with Crippen LogP contribution in [0.3, 0.4) is 0 Å². The standard InChI is InChI=1S/C19H22F3N5O3/c1-9(18(23)28)24-11-5-12(20)16-14(6-11)29-4-3-26-7-15(25-19(16)26)27-10(2)30-8-13(27)17(21)22/h5-7,9-10,13,17,24H,3-4,8H2,1-2H3,(H2,23,28)/t9-,10?,13?/m0/s1. The zero-order chi connectivity index (χ0) is 21.6. The first-order chi connectivity index (χ1) is 14.3. The Balaban J connectivity index is 1.73. The number of nitrogens with two attached hydrogens (primary N) is 1. The van der Waals surface area contributed by atoms with Gasteiger partial charge in [0.1, 0.15) is 48.1 Å². The predicted molar refractivity (Wildman–Crippen MR) is 103 cm³/mol. The second-order valence-electron chi connectivity index (χ2n) is 7.31. The van der Waals surface area contributed by atoms with Gasteiger partial charge in [-0.1, -0.05) is 0 Å². The Morgan fingerprint density at radius 3 is 2.87 bits per heavy atom. The number of anilines is 2. The molecule has 4 rings (SSSR count). The van der Waals surface area contributed by atoms with Gasteiger partial charge in [-0.05, 0) is 19.9 Å². The molecule has 1 fully saturated rings. The zero-order valence-electron chi connectivity index (χ0n) is 16.4. The maximum absolute atomic E-state index is 15.1. The summed E-state index contributed by atoms with van der Waals surface area (Å²) in [6.07, 6.45) is -1.58. The number of amides is 1. The maximum Gasteiger partial charge on any atom is 0.260 e. The van der Waals surface area contributed by atoms with Crippen LogP contribution >= 0.6 is 0 Å². The van der Waals surface area contributed by atoms with E-state index < -0.39 is 36.5 Å². The van der Waals surface area contributed by atoms with E-state index in [0.717, 1.165) is 0 Å². The molecule has 2 aliphatic rings. The maximum atomic E-state index is 15.1. The molecule has 0 aliphatic carbocycles. The van der Waals surface area contributed by atoms with Gasteiger partial charge in [0.05, 0.1) is 18.7 Å². The molecule has 0 bridgehead atoms. The first kappa shape index (κ1) is 20.3. The summed E-state index contributed by atoms with van der Waals surface area (Å²) in [4.78, 5) is 17.1. The van der Waals surface area contributed by atoms with Crippen molar-refractivity contribution in [2.45, 2.75) is 45.1 Å². The lowest BCUT2D eigenvalue weighted by molar-refractivity contribution is -0.118. The summed E-state index contributed by atoms with van der Waals surface area (Å²) in [5.41, 5.74) is 5.70. The molecule has 3 atom stereocenters. The van der Waals surface area contributed by atoms with Crippen molar-refractivity contribution >= 4 is 17.4 Å². The summed E-state index contributed by atoms with van der Waals surface area (Å²) >= 11 is 0. The Bertz CT molecular complexity index is 967. The van der Waals surface area contributed by atoms with E-state index in [1.54, 1.807) is 30.7 Å². The normalized spacial score (nSPS) is 21.6. The zero-order valence-corrected chi connectivity index (χ0v) is 16.4. The molecular formula is C19H22F3N5O3. The highest BCUT2D eigenvalue weighted by Crippen LogP contribution is 2.39. The van der Waals surface area contributed by atoms with Gasteiger partial charge in [-0.2, -0.15) is 0 Å². The molecule has 30 heavy (non-hydrogen) atoms. The summed E-state index contributed by atoms with van der Waals surface area (Å²) in [6.45, 7) is 3.71. The van der Waals surface area contributed by atoms with Crippen molar-refractivity contribution in [3.63, 3.8) is 0 Å². The summed E-state index contributed by atoms with van der Waals surface area (Å²) < 4.78 is 54.7. The molecular weight excluding hydrogens is 403 g/mol.